The van der Waals surface area contributed by atoms with Crippen LogP contribution < -0.4 is 5.32 Å². The highest BCUT2D eigenvalue weighted by molar-refractivity contribution is 5.92. The molecule has 6 heteroatoms. The van der Waals surface area contributed by atoms with Gasteiger partial charge in [-0.05, 0) is 19.8 Å². The van der Waals surface area contributed by atoms with E-state index in [0.717, 1.165) is 12.8 Å². The van der Waals surface area contributed by atoms with E-state index in [2.05, 4.69) is 15.4 Å². The van der Waals surface area contributed by atoms with Crippen molar-refractivity contribution in [2.24, 2.45) is 7.05 Å². The molecule has 15 heavy (non-hydrogen) atoms. The van der Waals surface area contributed by atoms with Gasteiger partial charge in [-0.25, -0.2) is 4.68 Å². The highest BCUT2D eigenvalue weighted by Crippen LogP contribution is 2.13. The third kappa shape index (κ3) is 2.15. The predicted octanol–water partition coefficient (Wildman–Crippen LogP) is 0.241. The van der Waals surface area contributed by atoms with Crippen LogP contribution in [0.15, 0.2) is 0 Å². The number of aryl methyl sites for hydroxylation is 2. The van der Waals surface area contributed by atoms with Crippen molar-refractivity contribution in [2.75, 3.05) is 11.9 Å². The average molecular weight is 210 g/mol. The first-order valence-corrected chi connectivity index (χ1v) is 4.97. The number of amides is 1. The van der Waals surface area contributed by atoms with Gasteiger partial charge in [0.05, 0.1) is 0 Å². The topological polar surface area (TPSA) is 69.0 Å². The molecule has 0 unspecified atom stereocenters. The number of hydrogen-bond acceptors (Lipinski definition) is 4. The van der Waals surface area contributed by atoms with Crippen LogP contribution in [0.2, 0.25) is 0 Å². The van der Waals surface area contributed by atoms with E-state index >= 15 is 0 Å². The Kier molecular flexibility index (Phi) is 2.68. The fourth-order valence-corrected chi connectivity index (χ4v) is 1.60. The number of aromatic nitrogens is 3. The molecule has 1 aliphatic heterocycles. The van der Waals surface area contributed by atoms with Crippen LogP contribution in [0, 0.1) is 6.92 Å². The molecular weight excluding hydrogens is 196 g/mol. The Morgan fingerprint density at radius 3 is 3.00 bits per heavy atom. The summed E-state index contributed by atoms with van der Waals surface area (Å²) >= 11 is 0. The molecule has 1 N–H and O–H groups in total. The summed E-state index contributed by atoms with van der Waals surface area (Å²) in [6.45, 7) is 2.44. The Bertz CT molecular complexity index is 368. The Morgan fingerprint density at radius 2 is 2.47 bits per heavy atom. The number of nitrogens with zero attached hydrogens (tertiary/aromatic N) is 3. The number of rotatable bonds is 2. The molecule has 0 aromatic carbocycles. The van der Waals surface area contributed by atoms with E-state index in [-0.39, 0.29) is 12.0 Å². The summed E-state index contributed by atoms with van der Waals surface area (Å²) in [6, 6.07) is 0. The van der Waals surface area contributed by atoms with Crippen molar-refractivity contribution in [1.29, 1.82) is 0 Å². The molecule has 0 spiro atoms. The maximum Gasteiger partial charge on any atom is 0.255 e. The molecule has 6 nitrogen and oxygen atoms in total. The standard InChI is InChI=1S/C9H14N4O2/c1-6-10-9(13(2)12-6)11-8(14)7-4-3-5-15-7/h7H,3-5H2,1-2H3,(H,10,11,12,14)/t7-/m1/s1. The molecule has 1 atom stereocenters. The van der Waals surface area contributed by atoms with Gasteiger partial charge >= 0.3 is 0 Å². The van der Waals surface area contributed by atoms with Crippen molar-refractivity contribution in [3.8, 4) is 0 Å². The summed E-state index contributed by atoms with van der Waals surface area (Å²) in [4.78, 5) is 15.7. The minimum Gasteiger partial charge on any atom is -0.368 e. The van der Waals surface area contributed by atoms with E-state index in [4.69, 9.17) is 4.74 Å². The highest BCUT2D eigenvalue weighted by Gasteiger charge is 2.24. The van der Waals surface area contributed by atoms with Gasteiger partial charge in [0.2, 0.25) is 5.95 Å². The molecule has 1 aliphatic rings. The number of nitrogens with one attached hydrogen (secondary N) is 1. The van der Waals surface area contributed by atoms with E-state index in [0.29, 0.717) is 18.4 Å². The molecule has 1 amide bonds. The Morgan fingerprint density at radius 1 is 1.67 bits per heavy atom. The van der Waals surface area contributed by atoms with E-state index < -0.39 is 0 Å². The second-order valence-corrected chi connectivity index (χ2v) is 3.60. The Balaban J connectivity index is 2.01. The van der Waals surface area contributed by atoms with Crippen LogP contribution in [-0.2, 0) is 16.6 Å². The second-order valence-electron chi connectivity index (χ2n) is 3.60. The van der Waals surface area contributed by atoms with Crippen LogP contribution in [0.4, 0.5) is 5.95 Å². The SMILES string of the molecule is Cc1nc(NC(=O)[C@H]2CCCO2)n(C)n1. The lowest BCUT2D eigenvalue weighted by atomic mass is 10.2. The zero-order chi connectivity index (χ0) is 10.8. The summed E-state index contributed by atoms with van der Waals surface area (Å²) in [5, 5.41) is 6.74. The predicted molar refractivity (Wildman–Crippen MR) is 53.3 cm³/mol. The molecule has 2 rings (SSSR count). The van der Waals surface area contributed by atoms with Gasteiger partial charge in [-0.1, -0.05) is 0 Å². The lowest BCUT2D eigenvalue weighted by Gasteiger charge is -2.08. The van der Waals surface area contributed by atoms with Crippen molar-refractivity contribution in [1.82, 2.24) is 14.8 Å². The second kappa shape index (κ2) is 3.98. The van der Waals surface area contributed by atoms with Crippen LogP contribution >= 0.6 is 0 Å². The first kappa shape index (κ1) is 10.1. The zero-order valence-electron chi connectivity index (χ0n) is 8.86. The normalized spacial score (nSPS) is 20.5. The molecule has 0 aliphatic carbocycles. The average Bonchev–Trinajstić information content (AvgIpc) is 2.76. The molecule has 1 saturated heterocycles. The van der Waals surface area contributed by atoms with Crippen molar-refractivity contribution in [3.05, 3.63) is 5.82 Å². The molecule has 82 valence electrons. The number of ether oxygens (including phenoxy) is 1. The van der Waals surface area contributed by atoms with Gasteiger partial charge in [0.25, 0.3) is 5.91 Å². The van der Waals surface area contributed by atoms with Crippen molar-refractivity contribution in [2.45, 2.75) is 25.9 Å². The molecule has 0 bridgehead atoms. The van der Waals surface area contributed by atoms with Crippen LogP contribution in [0.5, 0.6) is 0 Å². The lowest BCUT2D eigenvalue weighted by Crippen LogP contribution is -2.28. The number of hydrogen-bond donors (Lipinski definition) is 1. The van der Waals surface area contributed by atoms with E-state index in [9.17, 15) is 4.79 Å². The number of anilines is 1. The van der Waals surface area contributed by atoms with Crippen LogP contribution in [-0.4, -0.2) is 33.4 Å². The summed E-state index contributed by atoms with van der Waals surface area (Å²) in [6.07, 6.45) is 1.39. The smallest absolute Gasteiger partial charge is 0.255 e. The first-order valence-electron chi connectivity index (χ1n) is 4.97. The number of carbonyl (C=O) groups excluding carboxylic acids is 1. The molecule has 0 saturated carbocycles. The lowest BCUT2D eigenvalue weighted by molar-refractivity contribution is -0.124. The van der Waals surface area contributed by atoms with Gasteiger partial charge in [0, 0.05) is 13.7 Å². The highest BCUT2D eigenvalue weighted by atomic mass is 16.5. The Labute approximate surface area is 87.6 Å². The van der Waals surface area contributed by atoms with Crippen LogP contribution in [0.3, 0.4) is 0 Å². The van der Waals surface area contributed by atoms with Gasteiger partial charge in [0.15, 0.2) is 0 Å². The third-order valence-corrected chi connectivity index (χ3v) is 2.33. The van der Waals surface area contributed by atoms with Crippen molar-refractivity contribution >= 4 is 11.9 Å². The zero-order valence-corrected chi connectivity index (χ0v) is 8.86. The first-order chi connectivity index (χ1) is 7.16. The van der Waals surface area contributed by atoms with Gasteiger partial charge in [-0.15, -0.1) is 0 Å². The molecule has 1 aromatic heterocycles. The fraction of sp³-hybridized carbons (Fsp3) is 0.667. The fourth-order valence-electron chi connectivity index (χ4n) is 1.60. The van der Waals surface area contributed by atoms with Gasteiger partial charge < -0.3 is 4.74 Å². The van der Waals surface area contributed by atoms with Crippen molar-refractivity contribution in [3.63, 3.8) is 0 Å². The monoisotopic (exact) mass is 210 g/mol. The van der Waals surface area contributed by atoms with Crippen LogP contribution in [0.25, 0.3) is 0 Å². The summed E-state index contributed by atoms with van der Waals surface area (Å²) < 4.78 is 6.81. The maximum absolute atomic E-state index is 11.7. The summed E-state index contributed by atoms with van der Waals surface area (Å²) in [7, 11) is 1.74. The van der Waals surface area contributed by atoms with E-state index in [1.807, 2.05) is 0 Å². The van der Waals surface area contributed by atoms with Crippen molar-refractivity contribution < 1.29 is 9.53 Å². The van der Waals surface area contributed by atoms with E-state index in [1.54, 1.807) is 18.7 Å². The molecular formula is C9H14N4O2. The maximum atomic E-state index is 11.7. The summed E-state index contributed by atoms with van der Waals surface area (Å²) in [5.74, 6) is 0.969. The third-order valence-electron chi connectivity index (χ3n) is 2.33. The van der Waals surface area contributed by atoms with Gasteiger partial charge in [-0.2, -0.15) is 10.1 Å². The largest absolute Gasteiger partial charge is 0.368 e. The van der Waals surface area contributed by atoms with Gasteiger partial charge in [0.1, 0.15) is 11.9 Å². The minimum atomic E-state index is -0.331. The Hall–Kier alpha value is -1.43. The molecule has 1 fully saturated rings. The van der Waals surface area contributed by atoms with Gasteiger partial charge in [-0.3, -0.25) is 10.1 Å². The molecule has 0 radical (unpaired) electrons. The summed E-state index contributed by atoms with van der Waals surface area (Å²) in [5.41, 5.74) is 0. The van der Waals surface area contributed by atoms with E-state index in [1.165, 1.54) is 0 Å². The minimum absolute atomic E-state index is 0.136. The number of carbonyl (C=O) groups is 1. The molecule has 1 aromatic rings. The quantitative estimate of drug-likeness (QED) is 0.759. The van der Waals surface area contributed by atoms with Crippen LogP contribution in [0.1, 0.15) is 18.7 Å². The molecule has 2 heterocycles.